The predicted molar refractivity (Wildman–Crippen MR) is 123 cm³/mol. The average molecular weight is 438 g/mol. The molecule has 3 rings (SSSR count). The molecule has 1 heterocycles. The normalized spacial score (nSPS) is 11.4. The van der Waals surface area contributed by atoms with Crippen molar-refractivity contribution in [3.8, 4) is 17.2 Å². The molecular formula is C23H26N4O5. The van der Waals surface area contributed by atoms with Crippen LogP contribution >= 0.6 is 0 Å². The van der Waals surface area contributed by atoms with E-state index in [9.17, 15) is 14.9 Å². The highest BCUT2D eigenvalue weighted by atomic mass is 16.6. The Labute approximate surface area is 185 Å². The Morgan fingerprint density at radius 2 is 1.84 bits per heavy atom. The highest BCUT2D eigenvalue weighted by molar-refractivity contribution is 5.99. The van der Waals surface area contributed by atoms with E-state index in [1.165, 1.54) is 16.8 Å². The Balaban J connectivity index is 1.81. The third-order valence-corrected chi connectivity index (χ3v) is 4.91. The first-order valence-electron chi connectivity index (χ1n) is 10.3. The van der Waals surface area contributed by atoms with Gasteiger partial charge in [-0.2, -0.15) is 0 Å². The van der Waals surface area contributed by atoms with Crippen LogP contribution in [0, 0.1) is 10.1 Å². The van der Waals surface area contributed by atoms with E-state index in [2.05, 4.69) is 10.1 Å². The number of benzene rings is 2. The fourth-order valence-electron chi connectivity index (χ4n) is 3.38. The number of methoxy groups -OCH3 is 1. The number of nitrogens with one attached hydrogen (secondary N) is 1. The van der Waals surface area contributed by atoms with E-state index < -0.39 is 4.92 Å². The van der Waals surface area contributed by atoms with Gasteiger partial charge in [0.05, 0.1) is 29.8 Å². The quantitative estimate of drug-likeness (QED) is 0.223. The molecule has 0 saturated heterocycles. The zero-order valence-electron chi connectivity index (χ0n) is 18.3. The fraction of sp³-hybridized carbons (Fsp3) is 0.304. The molecule has 1 aromatic heterocycles. The molecule has 0 fully saturated rings. The minimum Gasteiger partial charge on any atom is -0.493 e. The number of non-ortho nitro benzene ring substituents is 1. The summed E-state index contributed by atoms with van der Waals surface area (Å²) in [7, 11) is 1.58. The molecule has 0 aliphatic rings. The largest absolute Gasteiger partial charge is 0.493 e. The van der Waals surface area contributed by atoms with Gasteiger partial charge in [0.2, 0.25) is 0 Å². The second-order valence-corrected chi connectivity index (χ2v) is 7.10. The zero-order chi connectivity index (χ0) is 23.1. The van der Waals surface area contributed by atoms with Crippen molar-refractivity contribution >= 4 is 11.4 Å². The van der Waals surface area contributed by atoms with Crippen molar-refractivity contribution in [3.63, 3.8) is 0 Å². The molecule has 2 aromatic carbocycles. The van der Waals surface area contributed by atoms with Crippen LogP contribution in [0.15, 0.2) is 58.3 Å². The van der Waals surface area contributed by atoms with Crippen LogP contribution in [0.1, 0.15) is 31.5 Å². The van der Waals surface area contributed by atoms with Crippen LogP contribution in [0.5, 0.6) is 11.5 Å². The lowest BCUT2D eigenvalue weighted by molar-refractivity contribution is -0.384. The monoisotopic (exact) mass is 438 g/mol. The maximum atomic E-state index is 13.1. The summed E-state index contributed by atoms with van der Waals surface area (Å²) in [5.74, 6) is 1.28. The Morgan fingerprint density at radius 3 is 2.47 bits per heavy atom. The van der Waals surface area contributed by atoms with E-state index in [-0.39, 0.29) is 11.2 Å². The van der Waals surface area contributed by atoms with Crippen LogP contribution in [0.25, 0.3) is 5.69 Å². The van der Waals surface area contributed by atoms with Crippen molar-refractivity contribution in [2.45, 2.75) is 26.7 Å². The fourth-order valence-corrected chi connectivity index (χ4v) is 3.38. The highest BCUT2D eigenvalue weighted by Gasteiger charge is 2.18. The zero-order valence-corrected chi connectivity index (χ0v) is 18.3. The van der Waals surface area contributed by atoms with Gasteiger partial charge in [-0.3, -0.25) is 25.0 Å². The minimum absolute atomic E-state index is 0.0323. The number of aliphatic imine (C=N–C) groups is 1. The Hall–Kier alpha value is -3.88. The van der Waals surface area contributed by atoms with Gasteiger partial charge in [0.25, 0.3) is 11.2 Å². The molecule has 0 bridgehead atoms. The second-order valence-electron chi connectivity index (χ2n) is 7.10. The molecule has 0 amide bonds. The van der Waals surface area contributed by atoms with Gasteiger partial charge in [0, 0.05) is 23.5 Å². The van der Waals surface area contributed by atoms with E-state index in [1.807, 2.05) is 31.2 Å². The van der Waals surface area contributed by atoms with Crippen molar-refractivity contribution in [1.82, 2.24) is 9.78 Å². The maximum absolute atomic E-state index is 13.1. The molecule has 9 nitrogen and oxygen atoms in total. The lowest BCUT2D eigenvalue weighted by Crippen LogP contribution is -2.20. The standard InChI is InChI=1S/C23H26N4O5/c1-4-7-19-22(16(2)24-14-15-32-21-9-6-5-8-20(21)31-3)23(28)26(25-19)17-10-12-18(13-11-17)27(29)30/h5-6,8-13,25H,4,7,14-15H2,1-3H3. The molecule has 0 atom stereocenters. The molecule has 32 heavy (non-hydrogen) atoms. The topological polar surface area (TPSA) is 112 Å². The molecule has 0 spiro atoms. The molecule has 1 N–H and O–H groups in total. The number of ether oxygens (including phenoxy) is 2. The Kier molecular flexibility index (Phi) is 7.43. The number of hydrogen-bond donors (Lipinski definition) is 1. The number of rotatable bonds is 10. The lowest BCUT2D eigenvalue weighted by Gasteiger charge is -2.09. The maximum Gasteiger partial charge on any atom is 0.280 e. The molecule has 0 radical (unpaired) electrons. The van der Waals surface area contributed by atoms with E-state index in [1.54, 1.807) is 26.2 Å². The first kappa shape index (κ1) is 22.8. The molecule has 0 saturated carbocycles. The summed E-state index contributed by atoms with van der Waals surface area (Å²) in [5, 5.41) is 14.0. The number of aromatic amines is 1. The molecule has 0 aliphatic heterocycles. The Morgan fingerprint density at radius 1 is 1.16 bits per heavy atom. The average Bonchev–Trinajstić information content (AvgIpc) is 3.13. The van der Waals surface area contributed by atoms with Crippen molar-refractivity contribution < 1.29 is 14.4 Å². The molecule has 0 unspecified atom stereocenters. The van der Waals surface area contributed by atoms with Gasteiger partial charge in [-0.25, -0.2) is 4.68 Å². The summed E-state index contributed by atoms with van der Waals surface area (Å²) < 4.78 is 12.4. The number of hydrogen-bond acceptors (Lipinski definition) is 6. The third kappa shape index (κ3) is 5.05. The van der Waals surface area contributed by atoms with E-state index >= 15 is 0 Å². The Bertz CT molecular complexity index is 1160. The smallest absolute Gasteiger partial charge is 0.280 e. The van der Waals surface area contributed by atoms with Gasteiger partial charge in [-0.1, -0.05) is 25.5 Å². The van der Waals surface area contributed by atoms with Crippen LogP contribution in [-0.2, 0) is 6.42 Å². The summed E-state index contributed by atoms with van der Waals surface area (Å²) in [5.41, 5.74) is 2.16. The van der Waals surface area contributed by atoms with Crippen LogP contribution in [-0.4, -0.2) is 40.7 Å². The van der Waals surface area contributed by atoms with Crippen LogP contribution < -0.4 is 15.0 Å². The van der Waals surface area contributed by atoms with E-state index in [0.29, 0.717) is 48.0 Å². The minimum atomic E-state index is -0.473. The lowest BCUT2D eigenvalue weighted by atomic mass is 10.1. The second kappa shape index (κ2) is 10.4. The van der Waals surface area contributed by atoms with Gasteiger partial charge in [0.15, 0.2) is 11.5 Å². The summed E-state index contributed by atoms with van der Waals surface area (Å²) in [4.78, 5) is 28.1. The van der Waals surface area contributed by atoms with Gasteiger partial charge in [-0.05, 0) is 37.6 Å². The summed E-state index contributed by atoms with van der Waals surface area (Å²) >= 11 is 0. The van der Waals surface area contributed by atoms with Gasteiger partial charge in [0.1, 0.15) is 6.61 Å². The number of nitro groups is 1. The molecule has 0 aliphatic carbocycles. The highest BCUT2D eigenvalue weighted by Crippen LogP contribution is 2.25. The number of nitrogens with zero attached hydrogens (tertiary/aromatic N) is 3. The number of aromatic nitrogens is 2. The first-order chi connectivity index (χ1) is 15.5. The number of aryl methyl sites for hydroxylation is 1. The first-order valence-corrected chi connectivity index (χ1v) is 10.3. The van der Waals surface area contributed by atoms with Crippen molar-refractivity contribution in [3.05, 3.63) is 80.3 Å². The molecular weight excluding hydrogens is 412 g/mol. The third-order valence-electron chi connectivity index (χ3n) is 4.91. The van der Waals surface area contributed by atoms with Crippen LogP contribution in [0.2, 0.25) is 0 Å². The predicted octanol–water partition coefficient (Wildman–Crippen LogP) is 3.92. The van der Waals surface area contributed by atoms with Crippen molar-refractivity contribution in [2.75, 3.05) is 20.3 Å². The van der Waals surface area contributed by atoms with Gasteiger partial charge < -0.3 is 9.47 Å². The van der Waals surface area contributed by atoms with Gasteiger partial charge >= 0.3 is 0 Å². The van der Waals surface area contributed by atoms with Crippen LogP contribution in [0.4, 0.5) is 5.69 Å². The SMILES string of the molecule is CCCc1[nH]n(-c2ccc([N+](=O)[O-])cc2)c(=O)c1C(C)=NCCOc1ccccc1OC. The molecule has 9 heteroatoms. The number of para-hydroxylation sites is 2. The summed E-state index contributed by atoms with van der Waals surface area (Å²) in [6.45, 7) is 4.53. The van der Waals surface area contributed by atoms with Gasteiger partial charge in [-0.15, -0.1) is 0 Å². The van der Waals surface area contributed by atoms with Crippen LogP contribution in [0.3, 0.4) is 0 Å². The summed E-state index contributed by atoms with van der Waals surface area (Å²) in [6, 6.07) is 13.2. The number of nitro benzene ring substituents is 1. The summed E-state index contributed by atoms with van der Waals surface area (Å²) in [6.07, 6.45) is 1.52. The molecule has 3 aromatic rings. The van der Waals surface area contributed by atoms with E-state index in [4.69, 9.17) is 9.47 Å². The number of H-pyrrole nitrogens is 1. The van der Waals surface area contributed by atoms with Crippen molar-refractivity contribution in [1.29, 1.82) is 0 Å². The molecule has 168 valence electrons. The van der Waals surface area contributed by atoms with E-state index in [0.717, 1.165) is 12.1 Å². The van der Waals surface area contributed by atoms with Crippen molar-refractivity contribution in [2.24, 2.45) is 4.99 Å².